The van der Waals surface area contributed by atoms with Crippen molar-refractivity contribution in [1.82, 2.24) is 10.2 Å². The van der Waals surface area contributed by atoms with E-state index >= 15 is 0 Å². The van der Waals surface area contributed by atoms with Gasteiger partial charge in [0, 0.05) is 12.5 Å². The Hall–Kier alpha value is -1.26. The molecule has 23 heavy (non-hydrogen) atoms. The van der Waals surface area contributed by atoms with Gasteiger partial charge in [0.2, 0.25) is 0 Å². The predicted octanol–water partition coefficient (Wildman–Crippen LogP) is 3.14. The number of hydrogen-bond donors (Lipinski definition) is 1. The van der Waals surface area contributed by atoms with E-state index in [0.717, 1.165) is 24.8 Å². The van der Waals surface area contributed by atoms with E-state index in [9.17, 15) is 9.59 Å². The van der Waals surface area contributed by atoms with Crippen molar-refractivity contribution in [2.75, 3.05) is 6.54 Å². The first-order valence-electron chi connectivity index (χ1n) is 7.95. The van der Waals surface area contributed by atoms with Gasteiger partial charge in [-0.3, -0.25) is 9.69 Å². The van der Waals surface area contributed by atoms with Crippen LogP contribution in [0, 0.1) is 5.92 Å². The summed E-state index contributed by atoms with van der Waals surface area (Å²) in [5, 5.41) is 2.85. The van der Waals surface area contributed by atoms with Crippen LogP contribution < -0.4 is 5.32 Å². The standard InChI is InChI=1S/C17H18Cl2N2O2/c1-16(12-6-5-10-3-2-4-11(10)7-12)14(22)21(15(23)20-16)9-13-8-17(13,18)19/h5-7,13H,2-4,8-9H2,1H3,(H,20,23)/t13-,16-/m0/s1. The molecule has 0 bridgehead atoms. The molecular weight excluding hydrogens is 335 g/mol. The van der Waals surface area contributed by atoms with Crippen molar-refractivity contribution in [1.29, 1.82) is 0 Å². The lowest BCUT2D eigenvalue weighted by atomic mass is 9.89. The zero-order valence-corrected chi connectivity index (χ0v) is 14.4. The summed E-state index contributed by atoms with van der Waals surface area (Å²) in [6.45, 7) is 2.05. The predicted molar refractivity (Wildman–Crippen MR) is 88.6 cm³/mol. The molecule has 4 nitrogen and oxygen atoms in total. The molecule has 122 valence electrons. The van der Waals surface area contributed by atoms with Gasteiger partial charge < -0.3 is 5.32 Å². The fourth-order valence-electron chi connectivity index (χ4n) is 3.63. The van der Waals surface area contributed by atoms with Gasteiger partial charge in [-0.05, 0) is 49.3 Å². The summed E-state index contributed by atoms with van der Waals surface area (Å²) in [5.41, 5.74) is 2.47. The highest BCUT2D eigenvalue weighted by Crippen LogP contribution is 2.53. The van der Waals surface area contributed by atoms with Crippen LogP contribution in [-0.4, -0.2) is 27.7 Å². The van der Waals surface area contributed by atoms with E-state index in [1.165, 1.54) is 16.0 Å². The van der Waals surface area contributed by atoms with Gasteiger partial charge in [0.25, 0.3) is 5.91 Å². The molecule has 3 aliphatic rings. The number of fused-ring (bicyclic) bond motifs is 1. The van der Waals surface area contributed by atoms with Crippen molar-refractivity contribution < 1.29 is 9.59 Å². The number of nitrogens with one attached hydrogen (secondary N) is 1. The van der Waals surface area contributed by atoms with Crippen molar-refractivity contribution in [3.05, 3.63) is 34.9 Å². The SMILES string of the molecule is C[C@@]1(c2ccc3c(c2)CCC3)NC(=O)N(C[C@@H]2CC2(Cl)Cl)C1=O. The molecule has 0 radical (unpaired) electrons. The van der Waals surface area contributed by atoms with Crippen LogP contribution in [0.25, 0.3) is 0 Å². The summed E-state index contributed by atoms with van der Waals surface area (Å²) in [5.74, 6) is -0.264. The highest BCUT2D eigenvalue weighted by molar-refractivity contribution is 6.50. The third-order valence-electron chi connectivity index (χ3n) is 5.31. The molecule has 2 atom stereocenters. The van der Waals surface area contributed by atoms with Gasteiger partial charge in [-0.1, -0.05) is 18.2 Å². The Morgan fingerprint density at radius 2 is 1.96 bits per heavy atom. The number of imide groups is 1. The molecule has 4 rings (SSSR count). The Kier molecular flexibility index (Phi) is 3.23. The number of urea groups is 1. The molecular formula is C17H18Cl2N2O2. The Morgan fingerprint density at radius 3 is 2.65 bits per heavy atom. The molecule has 1 heterocycles. The number of carbonyl (C=O) groups excluding carboxylic acids is 2. The molecule has 0 unspecified atom stereocenters. The summed E-state index contributed by atoms with van der Waals surface area (Å²) in [4.78, 5) is 26.4. The van der Waals surface area contributed by atoms with E-state index in [1.54, 1.807) is 6.92 Å². The third-order valence-corrected chi connectivity index (χ3v) is 6.24. The topological polar surface area (TPSA) is 49.4 Å². The Bertz CT molecular complexity index is 719. The van der Waals surface area contributed by atoms with E-state index in [0.29, 0.717) is 6.42 Å². The van der Waals surface area contributed by atoms with Crippen molar-refractivity contribution >= 4 is 35.1 Å². The largest absolute Gasteiger partial charge is 0.325 e. The minimum absolute atomic E-state index is 0.0390. The van der Waals surface area contributed by atoms with Crippen molar-refractivity contribution in [3.63, 3.8) is 0 Å². The number of rotatable bonds is 3. The number of nitrogens with zero attached hydrogens (tertiary/aromatic N) is 1. The number of aryl methyl sites for hydroxylation is 2. The fourth-order valence-corrected chi connectivity index (χ4v) is 4.14. The van der Waals surface area contributed by atoms with E-state index in [-0.39, 0.29) is 24.4 Å². The minimum atomic E-state index is -1.01. The first-order chi connectivity index (χ1) is 10.8. The highest BCUT2D eigenvalue weighted by Gasteiger charge is 2.56. The summed E-state index contributed by atoms with van der Waals surface area (Å²) >= 11 is 12.1. The van der Waals surface area contributed by atoms with E-state index in [2.05, 4.69) is 17.4 Å². The second-order valence-electron chi connectivity index (χ2n) is 6.97. The molecule has 0 spiro atoms. The lowest BCUT2D eigenvalue weighted by Crippen LogP contribution is -2.41. The van der Waals surface area contributed by atoms with Crippen LogP contribution in [0.4, 0.5) is 4.79 Å². The second kappa shape index (κ2) is 4.87. The first-order valence-corrected chi connectivity index (χ1v) is 8.71. The molecule has 0 aromatic heterocycles. The van der Waals surface area contributed by atoms with Crippen molar-refractivity contribution in [3.8, 4) is 0 Å². The van der Waals surface area contributed by atoms with Gasteiger partial charge in [0.05, 0.1) is 0 Å². The monoisotopic (exact) mass is 352 g/mol. The first kappa shape index (κ1) is 15.3. The number of alkyl halides is 2. The summed E-state index contributed by atoms with van der Waals surface area (Å²) < 4.78 is -0.798. The molecule has 1 saturated heterocycles. The quantitative estimate of drug-likeness (QED) is 0.671. The zero-order valence-electron chi connectivity index (χ0n) is 12.9. The smallest absolute Gasteiger partial charge is 0.319 e. The molecule has 1 saturated carbocycles. The lowest BCUT2D eigenvalue weighted by Gasteiger charge is -2.23. The molecule has 3 amide bonds. The number of halogens is 2. The zero-order chi connectivity index (χ0) is 16.4. The normalized spacial score (nSPS) is 31.3. The third kappa shape index (κ3) is 2.34. The summed E-state index contributed by atoms with van der Waals surface area (Å²) in [6, 6.07) is 5.73. The van der Waals surface area contributed by atoms with Crippen molar-refractivity contribution in [2.24, 2.45) is 5.92 Å². The summed E-state index contributed by atoms with van der Waals surface area (Å²) in [6.07, 6.45) is 3.89. The Morgan fingerprint density at radius 1 is 1.26 bits per heavy atom. The number of benzene rings is 1. The van der Waals surface area contributed by atoms with Crippen LogP contribution in [-0.2, 0) is 23.2 Å². The minimum Gasteiger partial charge on any atom is -0.319 e. The van der Waals surface area contributed by atoms with Gasteiger partial charge in [-0.25, -0.2) is 4.79 Å². The maximum absolute atomic E-state index is 12.9. The van der Waals surface area contributed by atoms with Gasteiger partial charge in [-0.2, -0.15) is 0 Å². The van der Waals surface area contributed by atoms with E-state index in [4.69, 9.17) is 23.2 Å². The van der Waals surface area contributed by atoms with Crippen LogP contribution in [0.1, 0.15) is 36.5 Å². The molecule has 2 aliphatic carbocycles. The van der Waals surface area contributed by atoms with Crippen LogP contribution in [0.2, 0.25) is 0 Å². The number of amides is 3. The van der Waals surface area contributed by atoms with Crippen LogP contribution in [0.3, 0.4) is 0 Å². The second-order valence-corrected chi connectivity index (χ2v) is 8.51. The van der Waals surface area contributed by atoms with Crippen molar-refractivity contribution in [2.45, 2.75) is 42.5 Å². The molecule has 1 aliphatic heterocycles. The highest BCUT2D eigenvalue weighted by atomic mass is 35.5. The molecule has 6 heteroatoms. The van der Waals surface area contributed by atoms with Crippen LogP contribution in [0.5, 0.6) is 0 Å². The maximum Gasteiger partial charge on any atom is 0.325 e. The fraction of sp³-hybridized carbons (Fsp3) is 0.529. The van der Waals surface area contributed by atoms with Gasteiger partial charge in [0.1, 0.15) is 9.87 Å². The van der Waals surface area contributed by atoms with Gasteiger partial charge >= 0.3 is 6.03 Å². The Labute approximate surface area is 145 Å². The average Bonchev–Trinajstić information content (AvgIpc) is 2.85. The molecule has 1 aromatic carbocycles. The Balaban J connectivity index is 1.61. The lowest BCUT2D eigenvalue weighted by molar-refractivity contribution is -0.131. The van der Waals surface area contributed by atoms with Crippen LogP contribution >= 0.6 is 23.2 Å². The van der Waals surface area contributed by atoms with E-state index < -0.39 is 9.87 Å². The molecule has 1 N–H and O–H groups in total. The summed E-state index contributed by atoms with van der Waals surface area (Å²) in [7, 11) is 0. The van der Waals surface area contributed by atoms with E-state index in [1.807, 2.05) is 6.07 Å². The van der Waals surface area contributed by atoms with Gasteiger partial charge in [0.15, 0.2) is 0 Å². The number of hydrogen-bond acceptors (Lipinski definition) is 2. The number of carbonyl (C=O) groups is 2. The molecule has 1 aromatic rings. The van der Waals surface area contributed by atoms with Crippen LogP contribution in [0.15, 0.2) is 18.2 Å². The molecule has 2 fully saturated rings. The maximum atomic E-state index is 12.9. The van der Waals surface area contributed by atoms with Gasteiger partial charge in [-0.15, -0.1) is 23.2 Å². The average molecular weight is 353 g/mol.